The van der Waals surface area contributed by atoms with Gasteiger partial charge >= 0.3 is 0 Å². The van der Waals surface area contributed by atoms with Gasteiger partial charge in [-0.3, -0.25) is 4.79 Å². The molecule has 0 bridgehead atoms. The molecular formula is C21H24N2O3S. The van der Waals surface area contributed by atoms with E-state index in [0.717, 1.165) is 48.4 Å². The van der Waals surface area contributed by atoms with Gasteiger partial charge in [-0.25, -0.2) is 0 Å². The number of aryl methyl sites for hydroxylation is 2. The molecule has 5 nitrogen and oxygen atoms in total. The maximum atomic E-state index is 11.4. The first-order valence-corrected chi connectivity index (χ1v) is 10.1. The van der Waals surface area contributed by atoms with Gasteiger partial charge in [0.1, 0.15) is 5.75 Å². The van der Waals surface area contributed by atoms with Gasteiger partial charge < -0.3 is 14.3 Å². The van der Waals surface area contributed by atoms with Crippen molar-refractivity contribution >= 4 is 29.9 Å². The largest absolute Gasteiger partial charge is 0.494 e. The molecule has 0 fully saturated rings. The Balaban J connectivity index is 1.24. The summed E-state index contributed by atoms with van der Waals surface area (Å²) in [6.07, 6.45) is 5.73. The minimum atomic E-state index is 0.0795. The van der Waals surface area contributed by atoms with Gasteiger partial charge in [-0.1, -0.05) is 35.5 Å². The number of nitrogens with zero attached hydrogens (tertiary/aromatic N) is 1. The summed E-state index contributed by atoms with van der Waals surface area (Å²) in [6.45, 7) is 0.623. The summed E-state index contributed by atoms with van der Waals surface area (Å²) in [5.74, 6) is 1.80. The van der Waals surface area contributed by atoms with Crippen molar-refractivity contribution in [2.45, 2.75) is 32.1 Å². The van der Waals surface area contributed by atoms with Crippen LogP contribution in [0.3, 0.4) is 0 Å². The smallest absolute Gasteiger partial charge is 0.224 e. The van der Waals surface area contributed by atoms with E-state index >= 15 is 0 Å². The number of unbranched alkanes of at least 4 members (excludes halogenated alkanes) is 1. The van der Waals surface area contributed by atoms with Crippen LogP contribution in [0.1, 0.15) is 30.4 Å². The number of hydrogen-bond acceptors (Lipinski definition) is 5. The molecular weight excluding hydrogens is 360 g/mol. The number of carbonyl (C=O) groups excluding carboxylic acids is 1. The van der Waals surface area contributed by atoms with Crippen molar-refractivity contribution in [1.82, 2.24) is 0 Å². The fraction of sp³-hybridized carbons (Fsp3) is 0.333. The van der Waals surface area contributed by atoms with Crippen molar-refractivity contribution in [2.24, 2.45) is 5.16 Å². The SMILES string of the molecule is O=C1CCc2cc(OCCCC=NOSCCc3ccccc3)ccc2N1. The highest BCUT2D eigenvalue weighted by atomic mass is 32.2. The number of carbonyl (C=O) groups is 1. The average molecular weight is 385 g/mol. The number of hydrogen-bond donors (Lipinski definition) is 1. The Bertz CT molecular complexity index is 765. The van der Waals surface area contributed by atoms with Crippen LogP contribution in [0.15, 0.2) is 53.7 Å². The Hall–Kier alpha value is -2.47. The van der Waals surface area contributed by atoms with Crippen LogP contribution in [0.4, 0.5) is 5.69 Å². The lowest BCUT2D eigenvalue weighted by molar-refractivity contribution is -0.116. The zero-order chi connectivity index (χ0) is 18.7. The third kappa shape index (κ3) is 6.64. The lowest BCUT2D eigenvalue weighted by Crippen LogP contribution is -2.18. The van der Waals surface area contributed by atoms with Crippen LogP contribution in [-0.2, 0) is 21.9 Å². The monoisotopic (exact) mass is 384 g/mol. The highest BCUT2D eigenvalue weighted by Crippen LogP contribution is 2.26. The number of fused-ring (bicyclic) bond motifs is 1. The molecule has 0 saturated carbocycles. The molecule has 1 N–H and O–H groups in total. The van der Waals surface area contributed by atoms with Gasteiger partial charge in [-0.2, -0.15) is 0 Å². The van der Waals surface area contributed by atoms with Gasteiger partial charge in [0.15, 0.2) is 0 Å². The molecule has 1 amide bonds. The molecule has 1 aliphatic rings. The summed E-state index contributed by atoms with van der Waals surface area (Å²) in [6, 6.07) is 16.1. The van der Waals surface area contributed by atoms with Crippen molar-refractivity contribution in [3.05, 3.63) is 59.7 Å². The molecule has 0 aromatic heterocycles. The summed E-state index contributed by atoms with van der Waals surface area (Å²) in [5.41, 5.74) is 3.33. The van der Waals surface area contributed by atoms with Crippen molar-refractivity contribution in [2.75, 3.05) is 17.7 Å². The van der Waals surface area contributed by atoms with Crippen molar-refractivity contribution in [3.8, 4) is 5.75 Å². The first kappa shape index (κ1) is 19.3. The van der Waals surface area contributed by atoms with Crippen LogP contribution in [-0.4, -0.2) is 24.5 Å². The number of rotatable bonds is 10. The molecule has 0 radical (unpaired) electrons. The third-order valence-corrected chi connectivity index (χ3v) is 4.77. The van der Waals surface area contributed by atoms with E-state index < -0.39 is 0 Å². The van der Waals surface area contributed by atoms with E-state index in [-0.39, 0.29) is 5.91 Å². The quantitative estimate of drug-likeness (QED) is 0.281. The van der Waals surface area contributed by atoms with Crippen LogP contribution in [0, 0.1) is 0 Å². The van der Waals surface area contributed by atoms with E-state index in [2.05, 4.69) is 22.6 Å². The molecule has 3 rings (SSSR count). The molecule has 27 heavy (non-hydrogen) atoms. The highest BCUT2D eigenvalue weighted by molar-refractivity contribution is 7.94. The van der Waals surface area contributed by atoms with Gasteiger partial charge in [-0.05, 0) is 55.0 Å². The van der Waals surface area contributed by atoms with Crippen molar-refractivity contribution < 1.29 is 13.8 Å². The Morgan fingerprint density at radius 3 is 2.93 bits per heavy atom. The van der Waals surface area contributed by atoms with E-state index in [9.17, 15) is 4.79 Å². The fourth-order valence-corrected chi connectivity index (χ4v) is 3.28. The Kier molecular flexibility index (Phi) is 7.59. The highest BCUT2D eigenvalue weighted by Gasteiger charge is 2.14. The fourth-order valence-electron chi connectivity index (χ4n) is 2.77. The zero-order valence-corrected chi connectivity index (χ0v) is 16.0. The molecule has 142 valence electrons. The summed E-state index contributed by atoms with van der Waals surface area (Å²) in [5, 5.41) is 6.83. The third-order valence-electron chi connectivity index (χ3n) is 4.21. The number of oxime groups is 1. The van der Waals surface area contributed by atoms with Gasteiger partial charge in [0.25, 0.3) is 0 Å². The second-order valence-corrected chi connectivity index (χ2v) is 7.07. The van der Waals surface area contributed by atoms with Crippen molar-refractivity contribution in [3.63, 3.8) is 0 Å². The number of anilines is 1. The second kappa shape index (κ2) is 10.6. The van der Waals surface area contributed by atoms with Gasteiger partial charge in [-0.15, -0.1) is 0 Å². The van der Waals surface area contributed by atoms with Crippen LogP contribution in [0.25, 0.3) is 0 Å². The number of benzene rings is 2. The minimum Gasteiger partial charge on any atom is -0.494 e. The number of ether oxygens (including phenoxy) is 1. The molecule has 0 unspecified atom stereocenters. The van der Waals surface area contributed by atoms with E-state index in [1.807, 2.05) is 36.4 Å². The summed E-state index contributed by atoms with van der Waals surface area (Å²) < 4.78 is 11.0. The summed E-state index contributed by atoms with van der Waals surface area (Å²) >= 11 is 1.36. The average Bonchev–Trinajstić information content (AvgIpc) is 2.70. The predicted molar refractivity (Wildman–Crippen MR) is 110 cm³/mol. The molecule has 0 spiro atoms. The van der Waals surface area contributed by atoms with E-state index in [4.69, 9.17) is 9.02 Å². The van der Waals surface area contributed by atoms with Gasteiger partial charge in [0, 0.05) is 24.1 Å². The predicted octanol–water partition coefficient (Wildman–Crippen LogP) is 4.62. The summed E-state index contributed by atoms with van der Waals surface area (Å²) in [4.78, 5) is 11.4. The summed E-state index contributed by atoms with van der Waals surface area (Å²) in [7, 11) is 0. The molecule has 1 heterocycles. The van der Waals surface area contributed by atoms with Crippen LogP contribution < -0.4 is 10.1 Å². The Labute approximate surface area is 164 Å². The zero-order valence-electron chi connectivity index (χ0n) is 15.2. The molecule has 2 aromatic carbocycles. The van der Waals surface area contributed by atoms with Crippen molar-refractivity contribution in [1.29, 1.82) is 0 Å². The molecule has 0 atom stereocenters. The van der Waals surface area contributed by atoms with E-state index in [0.29, 0.717) is 13.0 Å². The molecule has 1 aliphatic heterocycles. The Morgan fingerprint density at radius 1 is 1.15 bits per heavy atom. The van der Waals surface area contributed by atoms with Crippen LogP contribution in [0.5, 0.6) is 5.75 Å². The standard InChI is InChI=1S/C21H24N2O3S/c24-21-11-8-18-16-19(9-10-20(18)23-21)25-14-5-4-13-22-26-27-15-12-17-6-2-1-3-7-17/h1-3,6-7,9-10,13,16H,4-5,8,11-12,14-15H2,(H,23,24). The lowest BCUT2D eigenvalue weighted by Gasteiger charge is -2.17. The lowest BCUT2D eigenvalue weighted by atomic mass is 10.0. The topological polar surface area (TPSA) is 59.9 Å². The van der Waals surface area contributed by atoms with Crippen LogP contribution in [0.2, 0.25) is 0 Å². The first-order chi connectivity index (χ1) is 13.3. The van der Waals surface area contributed by atoms with Gasteiger partial charge in [0.2, 0.25) is 5.91 Å². The number of amides is 1. The molecule has 2 aromatic rings. The van der Waals surface area contributed by atoms with Crippen LogP contribution >= 0.6 is 12.0 Å². The maximum absolute atomic E-state index is 11.4. The van der Waals surface area contributed by atoms with E-state index in [1.54, 1.807) is 6.21 Å². The molecule has 6 heteroatoms. The second-order valence-electron chi connectivity index (χ2n) is 6.28. The molecule has 0 saturated heterocycles. The molecule has 0 aliphatic carbocycles. The first-order valence-electron chi connectivity index (χ1n) is 9.21. The van der Waals surface area contributed by atoms with Gasteiger partial charge in [0.05, 0.1) is 18.6 Å². The Morgan fingerprint density at radius 2 is 2.04 bits per heavy atom. The maximum Gasteiger partial charge on any atom is 0.224 e. The number of nitrogens with one attached hydrogen (secondary N) is 1. The minimum absolute atomic E-state index is 0.0795. The normalized spacial score (nSPS) is 13.3. The van der Waals surface area contributed by atoms with E-state index in [1.165, 1.54) is 17.6 Å².